The van der Waals surface area contributed by atoms with Gasteiger partial charge in [-0.05, 0) is 0 Å². The maximum atomic E-state index is 11.1. The van der Waals surface area contributed by atoms with E-state index in [4.69, 9.17) is 9.47 Å². The Balaban J connectivity index is 2.98. The fourth-order valence-corrected chi connectivity index (χ4v) is 1.67. The van der Waals surface area contributed by atoms with E-state index in [2.05, 4.69) is 9.47 Å². The van der Waals surface area contributed by atoms with Gasteiger partial charge in [-0.2, -0.15) is 0 Å². The Morgan fingerprint density at radius 1 is 1.14 bits per heavy atom. The molecule has 1 rings (SSSR count). The van der Waals surface area contributed by atoms with E-state index in [1.807, 2.05) is 0 Å². The lowest BCUT2D eigenvalue weighted by atomic mass is 10.0. The second kappa shape index (κ2) is 6.71. The van der Waals surface area contributed by atoms with Gasteiger partial charge >= 0.3 is 29.7 Å². The molecule has 1 saturated heterocycles. The third kappa shape index (κ3) is 4.40. The maximum absolute atomic E-state index is 11.1. The Kier molecular flexibility index (Phi) is 5.44. The summed E-state index contributed by atoms with van der Waals surface area (Å²) in [4.78, 5) is 44.1. The molecule has 1 aliphatic rings. The van der Waals surface area contributed by atoms with Crippen molar-refractivity contribution in [3.05, 3.63) is 0 Å². The third-order valence-corrected chi connectivity index (χ3v) is 2.61. The molecule has 0 aromatic heterocycles. The van der Waals surface area contributed by atoms with E-state index in [0.29, 0.717) is 0 Å². The van der Waals surface area contributed by atoms with E-state index in [1.54, 1.807) is 0 Å². The molecular weight excluding hydrogens is 304 g/mol. The zero-order chi connectivity index (χ0) is 17.1. The number of carbonyl (C=O) groups is 4. The number of hydrogen-bond acceptors (Lipinski definition) is 10. The van der Waals surface area contributed by atoms with Crippen molar-refractivity contribution in [3.8, 4) is 0 Å². The SMILES string of the molecule is CC(=O)OC[C@@H](O)[C@@H](OC(C)=O)[C@H](OC(C)=O)[C@]1(O)OC1=O. The van der Waals surface area contributed by atoms with Crippen LogP contribution >= 0.6 is 0 Å². The van der Waals surface area contributed by atoms with Crippen LogP contribution in [0, 0.1) is 0 Å². The zero-order valence-electron chi connectivity index (χ0n) is 12.1. The summed E-state index contributed by atoms with van der Waals surface area (Å²) in [6.45, 7) is 2.44. The van der Waals surface area contributed by atoms with Crippen molar-refractivity contribution in [3.63, 3.8) is 0 Å². The summed E-state index contributed by atoms with van der Waals surface area (Å²) in [6, 6.07) is 0. The molecule has 0 saturated carbocycles. The number of aliphatic hydroxyl groups excluding tert-OH is 1. The van der Waals surface area contributed by atoms with Gasteiger partial charge in [0.2, 0.25) is 6.10 Å². The topological polar surface area (TPSA) is 149 Å². The molecule has 124 valence electrons. The fourth-order valence-electron chi connectivity index (χ4n) is 1.67. The van der Waals surface area contributed by atoms with Gasteiger partial charge in [0, 0.05) is 20.8 Å². The van der Waals surface area contributed by atoms with Gasteiger partial charge in [-0.1, -0.05) is 0 Å². The predicted octanol–water partition coefficient (Wildman–Crippen LogP) is -1.98. The van der Waals surface area contributed by atoms with Crippen LogP contribution in [0.2, 0.25) is 0 Å². The van der Waals surface area contributed by atoms with Gasteiger partial charge in [-0.25, -0.2) is 4.79 Å². The van der Waals surface area contributed by atoms with Crippen molar-refractivity contribution in [1.82, 2.24) is 0 Å². The van der Waals surface area contributed by atoms with Crippen LogP contribution in [0.1, 0.15) is 20.8 Å². The molecular formula is C12H16O10. The van der Waals surface area contributed by atoms with Gasteiger partial charge in [-0.15, -0.1) is 0 Å². The van der Waals surface area contributed by atoms with Crippen LogP contribution in [0.25, 0.3) is 0 Å². The van der Waals surface area contributed by atoms with Crippen molar-refractivity contribution in [1.29, 1.82) is 0 Å². The molecule has 0 unspecified atom stereocenters. The Hall–Kier alpha value is -2.20. The number of aliphatic hydroxyl groups is 2. The first-order valence-corrected chi connectivity index (χ1v) is 6.19. The quantitative estimate of drug-likeness (QED) is 0.307. The first kappa shape index (κ1) is 17.9. The van der Waals surface area contributed by atoms with Crippen LogP contribution in [-0.2, 0) is 38.1 Å². The molecule has 1 heterocycles. The van der Waals surface area contributed by atoms with Crippen LogP contribution in [0.4, 0.5) is 0 Å². The lowest BCUT2D eigenvalue weighted by molar-refractivity contribution is -0.204. The minimum absolute atomic E-state index is 0.616. The standard InChI is InChI=1S/C12H16O10/c1-5(13)19-4-8(16)9(20-6(2)14)10(21-7(3)15)12(18)11(17)22-12/h8-10,16,18H,4H2,1-3H3/t8-,9-,10+,12+/m1/s1. The first-order valence-electron chi connectivity index (χ1n) is 6.19. The molecule has 10 heteroatoms. The van der Waals surface area contributed by atoms with Crippen molar-refractivity contribution in [2.24, 2.45) is 0 Å². The molecule has 4 atom stereocenters. The Labute approximate surface area is 124 Å². The lowest BCUT2D eigenvalue weighted by Crippen LogP contribution is -2.52. The van der Waals surface area contributed by atoms with Gasteiger partial charge in [0.15, 0.2) is 6.10 Å². The minimum atomic E-state index is -2.52. The van der Waals surface area contributed by atoms with E-state index in [9.17, 15) is 29.4 Å². The number of cyclic esters (lactones) is 1. The summed E-state index contributed by atoms with van der Waals surface area (Å²) in [5.74, 6) is -6.17. The predicted molar refractivity (Wildman–Crippen MR) is 64.8 cm³/mol. The summed E-state index contributed by atoms with van der Waals surface area (Å²) >= 11 is 0. The van der Waals surface area contributed by atoms with Gasteiger partial charge in [0.1, 0.15) is 12.7 Å². The van der Waals surface area contributed by atoms with Gasteiger partial charge in [0.25, 0.3) is 0 Å². The number of esters is 3. The minimum Gasteiger partial charge on any atom is -0.463 e. The van der Waals surface area contributed by atoms with Crippen LogP contribution in [-0.4, -0.2) is 64.8 Å². The summed E-state index contributed by atoms with van der Waals surface area (Å²) in [5.41, 5.74) is 0. The molecule has 22 heavy (non-hydrogen) atoms. The molecule has 0 radical (unpaired) electrons. The van der Waals surface area contributed by atoms with E-state index in [0.717, 1.165) is 20.8 Å². The second-order valence-electron chi connectivity index (χ2n) is 4.56. The number of hydrogen-bond donors (Lipinski definition) is 2. The Morgan fingerprint density at radius 3 is 2.00 bits per heavy atom. The first-order chi connectivity index (χ1) is 10.1. The Morgan fingerprint density at radius 2 is 1.64 bits per heavy atom. The van der Waals surface area contributed by atoms with Crippen LogP contribution < -0.4 is 0 Å². The largest absolute Gasteiger partial charge is 0.463 e. The Bertz CT molecular complexity index is 486. The molecule has 0 aromatic rings. The molecule has 0 aliphatic carbocycles. The third-order valence-electron chi connectivity index (χ3n) is 2.61. The summed E-state index contributed by atoms with van der Waals surface area (Å²) in [6.07, 6.45) is -5.16. The highest BCUT2D eigenvalue weighted by molar-refractivity contribution is 5.92. The number of carbonyl (C=O) groups excluding carboxylic acids is 4. The smallest absolute Gasteiger partial charge is 0.387 e. The molecule has 0 spiro atoms. The maximum Gasteiger partial charge on any atom is 0.387 e. The van der Waals surface area contributed by atoms with Crippen molar-refractivity contribution < 1.29 is 48.3 Å². The van der Waals surface area contributed by atoms with E-state index in [-0.39, 0.29) is 0 Å². The lowest BCUT2D eigenvalue weighted by Gasteiger charge is -2.29. The highest BCUT2D eigenvalue weighted by Crippen LogP contribution is 2.35. The highest BCUT2D eigenvalue weighted by atomic mass is 16.8. The summed E-state index contributed by atoms with van der Waals surface area (Å²) < 4.78 is 18.4. The average molecular weight is 320 g/mol. The molecule has 0 bridgehead atoms. The molecule has 2 N–H and O–H groups in total. The van der Waals surface area contributed by atoms with Crippen molar-refractivity contribution >= 4 is 23.9 Å². The van der Waals surface area contributed by atoms with Crippen LogP contribution in [0.15, 0.2) is 0 Å². The van der Waals surface area contributed by atoms with Crippen LogP contribution in [0.3, 0.4) is 0 Å². The molecule has 1 aliphatic heterocycles. The van der Waals surface area contributed by atoms with Gasteiger partial charge < -0.3 is 29.2 Å². The van der Waals surface area contributed by atoms with Gasteiger partial charge in [0.05, 0.1) is 0 Å². The fraction of sp³-hybridized carbons (Fsp3) is 0.667. The van der Waals surface area contributed by atoms with Gasteiger partial charge in [-0.3, -0.25) is 14.4 Å². The van der Waals surface area contributed by atoms with Crippen molar-refractivity contribution in [2.75, 3.05) is 6.61 Å². The van der Waals surface area contributed by atoms with Crippen LogP contribution in [0.5, 0.6) is 0 Å². The molecule has 0 aromatic carbocycles. The monoisotopic (exact) mass is 320 g/mol. The normalized spacial score (nSPS) is 23.6. The van der Waals surface area contributed by atoms with Crippen molar-refractivity contribution in [2.45, 2.75) is 44.9 Å². The van der Waals surface area contributed by atoms with E-state index < -0.39 is 54.6 Å². The average Bonchev–Trinajstić information content (AvgIpc) is 2.99. The molecule has 10 nitrogen and oxygen atoms in total. The summed E-state index contributed by atoms with van der Waals surface area (Å²) in [5, 5.41) is 19.8. The number of ether oxygens (including phenoxy) is 4. The number of rotatable bonds is 7. The number of epoxide rings is 1. The zero-order valence-corrected chi connectivity index (χ0v) is 12.1. The molecule has 0 amide bonds. The molecule has 1 fully saturated rings. The summed E-state index contributed by atoms with van der Waals surface area (Å²) in [7, 11) is 0. The van der Waals surface area contributed by atoms with E-state index in [1.165, 1.54) is 0 Å². The highest BCUT2D eigenvalue weighted by Gasteiger charge is 2.69. The van der Waals surface area contributed by atoms with E-state index >= 15 is 0 Å². The second-order valence-corrected chi connectivity index (χ2v) is 4.56.